The summed E-state index contributed by atoms with van der Waals surface area (Å²) in [5, 5.41) is 10.4. The maximum absolute atomic E-state index is 15.3. The van der Waals surface area contributed by atoms with Crippen molar-refractivity contribution in [3.8, 4) is 11.1 Å². The molecule has 3 aromatic rings. The first-order chi connectivity index (χ1) is 16.4. The van der Waals surface area contributed by atoms with Crippen molar-refractivity contribution in [1.29, 1.82) is 0 Å². The van der Waals surface area contributed by atoms with Gasteiger partial charge in [-0.2, -0.15) is 0 Å². The van der Waals surface area contributed by atoms with Gasteiger partial charge < -0.3 is 21.3 Å². The highest BCUT2D eigenvalue weighted by atomic mass is 19.1. The number of halogens is 1. The summed E-state index contributed by atoms with van der Waals surface area (Å²) in [6.07, 6.45) is 6.99. The van der Waals surface area contributed by atoms with E-state index in [0.29, 0.717) is 27.7 Å². The van der Waals surface area contributed by atoms with Crippen molar-refractivity contribution in [2.75, 3.05) is 43.0 Å². The highest BCUT2D eigenvalue weighted by Gasteiger charge is 2.21. The van der Waals surface area contributed by atoms with Crippen molar-refractivity contribution in [1.82, 2.24) is 20.2 Å². The number of aromatic nitrogens is 2. The van der Waals surface area contributed by atoms with Crippen molar-refractivity contribution in [3.05, 3.63) is 41.6 Å². The normalized spacial score (nSPS) is 16.7. The number of pyridine rings is 2. The van der Waals surface area contributed by atoms with Gasteiger partial charge in [0.2, 0.25) is 0 Å². The Hall–Kier alpha value is -3.46. The Balaban J connectivity index is 1.44. The summed E-state index contributed by atoms with van der Waals surface area (Å²) in [4.78, 5) is 23.6. The number of fused-ring (bicyclic) bond motifs is 2. The van der Waals surface area contributed by atoms with Crippen molar-refractivity contribution in [3.63, 3.8) is 0 Å². The van der Waals surface area contributed by atoms with Crippen LogP contribution in [0.4, 0.5) is 26.4 Å². The first kappa shape index (κ1) is 22.3. The zero-order chi connectivity index (χ0) is 23.8. The van der Waals surface area contributed by atoms with E-state index >= 15 is 4.39 Å². The molecular weight excluding hydrogens is 433 g/mol. The van der Waals surface area contributed by atoms with Crippen LogP contribution in [0.1, 0.15) is 30.5 Å². The number of likely N-dealkylation sites (tertiary alicyclic amines) is 1. The van der Waals surface area contributed by atoms with Gasteiger partial charge in [0.25, 0.3) is 0 Å². The fraction of sp³-hybridized carbons (Fsp3) is 0.400. The van der Waals surface area contributed by atoms with Crippen molar-refractivity contribution in [2.24, 2.45) is 0 Å². The fourth-order valence-corrected chi connectivity index (χ4v) is 4.87. The Morgan fingerprint density at radius 1 is 1.21 bits per heavy atom. The van der Waals surface area contributed by atoms with E-state index in [1.54, 1.807) is 18.3 Å². The summed E-state index contributed by atoms with van der Waals surface area (Å²) in [6.45, 7) is 4.76. The largest absolute Gasteiger partial charge is 0.396 e. The molecule has 0 aliphatic carbocycles. The number of nitrogens with two attached hydrogens (primary N) is 1. The molecule has 2 amide bonds. The molecule has 2 aliphatic rings. The molecule has 5 N–H and O–H groups in total. The van der Waals surface area contributed by atoms with E-state index < -0.39 is 5.82 Å². The Labute approximate surface area is 198 Å². The second-order valence-corrected chi connectivity index (χ2v) is 9.27. The topological polar surface area (TPSA) is 108 Å². The van der Waals surface area contributed by atoms with Gasteiger partial charge in [0, 0.05) is 41.5 Å². The molecule has 34 heavy (non-hydrogen) atoms. The number of amides is 2. The van der Waals surface area contributed by atoms with E-state index in [0.717, 1.165) is 62.3 Å². The van der Waals surface area contributed by atoms with Crippen LogP contribution in [0, 0.1) is 12.7 Å². The standard InChI is InChI=1S/C25H30FN7O/c1-14-18(12-29-20-4-3-7-28-24(14)20)17-10-15-11-21(30-13-19(15)23(27)22(17)26)32-25(34)31-16-5-8-33(2)9-6-16/h10-13,16,28H,3-9,27H2,1-2H3,(H2,30,31,32,34). The molecule has 0 atom stereocenters. The van der Waals surface area contributed by atoms with Crippen LogP contribution >= 0.6 is 0 Å². The molecule has 1 saturated heterocycles. The molecule has 4 heterocycles. The third-order valence-electron chi connectivity index (χ3n) is 6.89. The zero-order valence-corrected chi connectivity index (χ0v) is 19.5. The minimum atomic E-state index is -0.490. The molecule has 1 fully saturated rings. The summed E-state index contributed by atoms with van der Waals surface area (Å²) < 4.78 is 15.3. The van der Waals surface area contributed by atoms with Crippen LogP contribution in [0.3, 0.4) is 0 Å². The van der Waals surface area contributed by atoms with E-state index in [9.17, 15) is 4.79 Å². The van der Waals surface area contributed by atoms with Crippen LogP contribution in [0.15, 0.2) is 24.5 Å². The molecule has 0 saturated carbocycles. The van der Waals surface area contributed by atoms with Crippen LogP contribution in [-0.2, 0) is 6.42 Å². The van der Waals surface area contributed by atoms with Gasteiger partial charge in [0.15, 0.2) is 5.82 Å². The summed E-state index contributed by atoms with van der Waals surface area (Å²) >= 11 is 0. The lowest BCUT2D eigenvalue weighted by molar-refractivity contribution is 0.221. The number of rotatable bonds is 3. The van der Waals surface area contributed by atoms with Crippen LogP contribution in [-0.4, -0.2) is 53.6 Å². The highest BCUT2D eigenvalue weighted by Crippen LogP contribution is 2.38. The smallest absolute Gasteiger partial charge is 0.320 e. The number of hydrogen-bond acceptors (Lipinski definition) is 6. The van der Waals surface area contributed by atoms with Gasteiger partial charge in [-0.05, 0) is 75.8 Å². The van der Waals surface area contributed by atoms with Gasteiger partial charge in [0.1, 0.15) is 5.82 Å². The number of carbonyl (C=O) groups excluding carboxylic acids is 1. The lowest BCUT2D eigenvalue weighted by Crippen LogP contribution is -2.44. The van der Waals surface area contributed by atoms with Gasteiger partial charge in [-0.15, -0.1) is 0 Å². The number of hydrogen-bond donors (Lipinski definition) is 4. The molecule has 8 nitrogen and oxygen atoms in total. The third-order valence-corrected chi connectivity index (χ3v) is 6.89. The van der Waals surface area contributed by atoms with Gasteiger partial charge in [-0.25, -0.2) is 14.2 Å². The lowest BCUT2D eigenvalue weighted by atomic mass is 9.95. The van der Waals surface area contributed by atoms with E-state index in [1.165, 1.54) is 6.20 Å². The molecular formula is C25H30FN7O. The van der Waals surface area contributed by atoms with Gasteiger partial charge >= 0.3 is 6.03 Å². The van der Waals surface area contributed by atoms with Crippen LogP contribution in [0.25, 0.3) is 21.9 Å². The molecule has 1 aromatic carbocycles. The Morgan fingerprint density at radius 2 is 2.00 bits per heavy atom. The molecule has 0 bridgehead atoms. The van der Waals surface area contributed by atoms with Crippen molar-refractivity contribution in [2.45, 2.75) is 38.6 Å². The van der Waals surface area contributed by atoms with Crippen LogP contribution in [0.5, 0.6) is 0 Å². The molecule has 2 aromatic heterocycles. The number of nitrogens with one attached hydrogen (secondary N) is 3. The average molecular weight is 464 g/mol. The maximum Gasteiger partial charge on any atom is 0.320 e. The van der Waals surface area contributed by atoms with E-state index in [2.05, 4.69) is 37.9 Å². The monoisotopic (exact) mass is 463 g/mol. The summed E-state index contributed by atoms with van der Waals surface area (Å²) in [7, 11) is 2.08. The third kappa shape index (κ3) is 4.23. The Kier molecular flexibility index (Phi) is 5.95. The second-order valence-electron chi connectivity index (χ2n) is 9.27. The predicted molar refractivity (Wildman–Crippen MR) is 134 cm³/mol. The number of urea groups is 1. The quantitative estimate of drug-likeness (QED) is 0.439. The van der Waals surface area contributed by atoms with Crippen molar-refractivity contribution >= 4 is 34.0 Å². The van der Waals surface area contributed by atoms with Gasteiger partial charge in [-0.1, -0.05) is 0 Å². The fourth-order valence-electron chi connectivity index (χ4n) is 4.87. The molecule has 9 heteroatoms. The van der Waals surface area contributed by atoms with Crippen LogP contribution in [0.2, 0.25) is 0 Å². The maximum atomic E-state index is 15.3. The minimum Gasteiger partial charge on any atom is -0.396 e. The Bertz CT molecular complexity index is 1250. The summed E-state index contributed by atoms with van der Waals surface area (Å²) in [5.41, 5.74) is 10.2. The zero-order valence-electron chi connectivity index (χ0n) is 19.5. The van der Waals surface area contributed by atoms with E-state index in [1.807, 2.05) is 6.92 Å². The number of piperidine rings is 1. The lowest BCUT2D eigenvalue weighted by Gasteiger charge is -2.29. The number of benzene rings is 1. The SMILES string of the molecule is Cc1c(-c2cc3cc(NC(=O)NC4CCN(C)CC4)ncc3c(N)c2F)cnc2c1NCCC2. The highest BCUT2D eigenvalue weighted by molar-refractivity contribution is 5.99. The average Bonchev–Trinajstić information content (AvgIpc) is 2.83. The van der Waals surface area contributed by atoms with Gasteiger partial charge in [0.05, 0.1) is 17.1 Å². The number of nitrogens with zero attached hydrogens (tertiary/aromatic N) is 3. The Morgan fingerprint density at radius 3 is 2.79 bits per heavy atom. The number of aryl methyl sites for hydroxylation is 1. The number of anilines is 3. The van der Waals surface area contributed by atoms with E-state index in [4.69, 9.17) is 5.73 Å². The molecule has 5 rings (SSSR count). The summed E-state index contributed by atoms with van der Waals surface area (Å²) in [6, 6.07) is 3.32. The van der Waals surface area contributed by atoms with Gasteiger partial charge in [-0.3, -0.25) is 10.3 Å². The number of carbonyl (C=O) groups is 1. The molecule has 0 radical (unpaired) electrons. The molecule has 2 aliphatic heterocycles. The van der Waals surface area contributed by atoms with Crippen LogP contribution < -0.4 is 21.7 Å². The predicted octanol–water partition coefficient (Wildman–Crippen LogP) is 3.90. The molecule has 178 valence electrons. The first-order valence-corrected chi connectivity index (χ1v) is 11.8. The number of nitrogen functional groups attached to an aromatic ring is 1. The summed E-state index contributed by atoms with van der Waals surface area (Å²) in [5.74, 6) is -0.104. The van der Waals surface area contributed by atoms with Crippen molar-refractivity contribution < 1.29 is 9.18 Å². The molecule has 0 unspecified atom stereocenters. The van der Waals surface area contributed by atoms with E-state index in [-0.39, 0.29) is 17.8 Å². The first-order valence-electron chi connectivity index (χ1n) is 11.8. The minimum absolute atomic E-state index is 0.0346. The molecule has 0 spiro atoms. The second kappa shape index (κ2) is 9.06.